The second-order valence-electron chi connectivity index (χ2n) is 5.77. The Balaban J connectivity index is 1.63. The third kappa shape index (κ3) is 1.89. The van der Waals surface area contributed by atoms with Crippen LogP contribution in [-0.4, -0.2) is 45.6 Å². The van der Waals surface area contributed by atoms with Gasteiger partial charge in [0.2, 0.25) is 0 Å². The van der Waals surface area contributed by atoms with E-state index < -0.39 is 0 Å². The molecule has 2 atom stereocenters. The fraction of sp³-hybridized carbons (Fsp3) is 0.467. The lowest BCUT2D eigenvalue weighted by molar-refractivity contribution is 0.0750. The summed E-state index contributed by atoms with van der Waals surface area (Å²) in [5.74, 6) is 0.112. The SMILES string of the molecule is O=C(c1cnn2ccccc12)N1CCC2CCC(C1)N2. The normalized spacial score (nSPS) is 25.9. The summed E-state index contributed by atoms with van der Waals surface area (Å²) < 4.78 is 1.76. The Hall–Kier alpha value is -1.88. The topological polar surface area (TPSA) is 49.6 Å². The first kappa shape index (κ1) is 11.9. The van der Waals surface area contributed by atoms with E-state index in [0.717, 1.165) is 25.0 Å². The summed E-state index contributed by atoms with van der Waals surface area (Å²) in [6.07, 6.45) is 7.06. The summed E-state index contributed by atoms with van der Waals surface area (Å²) in [6.45, 7) is 1.66. The monoisotopic (exact) mass is 270 g/mol. The number of carbonyl (C=O) groups excluding carboxylic acids is 1. The zero-order chi connectivity index (χ0) is 13.5. The number of nitrogens with one attached hydrogen (secondary N) is 1. The summed E-state index contributed by atoms with van der Waals surface area (Å²) in [7, 11) is 0. The van der Waals surface area contributed by atoms with E-state index >= 15 is 0 Å². The molecule has 104 valence electrons. The maximum atomic E-state index is 12.7. The molecule has 4 heterocycles. The summed E-state index contributed by atoms with van der Waals surface area (Å²) >= 11 is 0. The van der Waals surface area contributed by atoms with Crippen LogP contribution in [0.2, 0.25) is 0 Å². The van der Waals surface area contributed by atoms with Crippen LogP contribution in [0, 0.1) is 0 Å². The quantitative estimate of drug-likeness (QED) is 0.850. The Labute approximate surface area is 117 Å². The minimum absolute atomic E-state index is 0.112. The number of hydrogen-bond acceptors (Lipinski definition) is 3. The molecule has 2 unspecified atom stereocenters. The van der Waals surface area contributed by atoms with E-state index in [1.54, 1.807) is 10.7 Å². The molecule has 2 aromatic rings. The van der Waals surface area contributed by atoms with Crippen molar-refractivity contribution in [2.45, 2.75) is 31.3 Å². The molecule has 2 aliphatic heterocycles. The summed E-state index contributed by atoms with van der Waals surface area (Å²) in [5.41, 5.74) is 1.60. The fourth-order valence-electron chi connectivity index (χ4n) is 3.40. The highest BCUT2D eigenvalue weighted by atomic mass is 16.2. The molecule has 4 rings (SSSR count). The molecule has 0 aromatic carbocycles. The molecule has 0 radical (unpaired) electrons. The summed E-state index contributed by atoms with van der Waals surface area (Å²) in [4.78, 5) is 14.7. The van der Waals surface area contributed by atoms with Crippen LogP contribution in [0.4, 0.5) is 0 Å². The van der Waals surface area contributed by atoms with Gasteiger partial charge in [-0.05, 0) is 31.4 Å². The van der Waals surface area contributed by atoms with Crippen molar-refractivity contribution < 1.29 is 4.79 Å². The van der Waals surface area contributed by atoms with Crippen molar-refractivity contribution in [1.82, 2.24) is 19.8 Å². The van der Waals surface area contributed by atoms with Crippen molar-refractivity contribution in [3.63, 3.8) is 0 Å². The number of fused-ring (bicyclic) bond motifs is 3. The molecule has 2 bridgehead atoms. The highest BCUT2D eigenvalue weighted by Gasteiger charge is 2.32. The van der Waals surface area contributed by atoms with Gasteiger partial charge in [0.25, 0.3) is 5.91 Å². The van der Waals surface area contributed by atoms with Crippen molar-refractivity contribution in [3.8, 4) is 0 Å². The zero-order valence-corrected chi connectivity index (χ0v) is 11.3. The number of carbonyl (C=O) groups is 1. The molecule has 20 heavy (non-hydrogen) atoms. The Bertz CT molecular complexity index is 650. The van der Waals surface area contributed by atoms with Crippen LogP contribution in [0.3, 0.4) is 0 Å². The van der Waals surface area contributed by atoms with Crippen LogP contribution in [0.15, 0.2) is 30.6 Å². The Morgan fingerprint density at radius 1 is 1.25 bits per heavy atom. The minimum Gasteiger partial charge on any atom is -0.337 e. The van der Waals surface area contributed by atoms with E-state index in [1.165, 1.54) is 12.8 Å². The molecule has 0 saturated carbocycles. The molecular weight excluding hydrogens is 252 g/mol. The molecule has 1 amide bonds. The first-order valence-electron chi connectivity index (χ1n) is 7.29. The van der Waals surface area contributed by atoms with E-state index in [2.05, 4.69) is 10.4 Å². The van der Waals surface area contributed by atoms with Gasteiger partial charge in [0.15, 0.2) is 0 Å². The molecule has 5 nitrogen and oxygen atoms in total. The number of nitrogens with zero attached hydrogens (tertiary/aromatic N) is 3. The van der Waals surface area contributed by atoms with Crippen molar-refractivity contribution in [2.24, 2.45) is 0 Å². The fourth-order valence-corrected chi connectivity index (χ4v) is 3.40. The van der Waals surface area contributed by atoms with Gasteiger partial charge in [-0.25, -0.2) is 4.52 Å². The van der Waals surface area contributed by atoms with E-state index in [-0.39, 0.29) is 5.91 Å². The van der Waals surface area contributed by atoms with E-state index in [0.29, 0.717) is 17.6 Å². The van der Waals surface area contributed by atoms with Gasteiger partial charge in [0.1, 0.15) is 0 Å². The number of pyridine rings is 1. The molecule has 0 aliphatic carbocycles. The second kappa shape index (κ2) is 4.59. The molecule has 0 spiro atoms. The average molecular weight is 270 g/mol. The lowest BCUT2D eigenvalue weighted by Crippen LogP contribution is -2.39. The smallest absolute Gasteiger partial charge is 0.257 e. The number of hydrogen-bond donors (Lipinski definition) is 1. The van der Waals surface area contributed by atoms with Gasteiger partial charge in [-0.15, -0.1) is 0 Å². The predicted octanol–water partition coefficient (Wildman–Crippen LogP) is 1.30. The number of rotatable bonds is 1. The zero-order valence-electron chi connectivity index (χ0n) is 11.3. The molecule has 2 aliphatic rings. The molecule has 1 N–H and O–H groups in total. The first-order chi connectivity index (χ1) is 9.81. The maximum Gasteiger partial charge on any atom is 0.257 e. The first-order valence-corrected chi connectivity index (χ1v) is 7.29. The number of amides is 1. The molecule has 2 aromatic heterocycles. The molecule has 5 heteroatoms. The van der Waals surface area contributed by atoms with Gasteiger partial charge in [0.05, 0.1) is 17.3 Å². The van der Waals surface area contributed by atoms with Crippen LogP contribution in [-0.2, 0) is 0 Å². The van der Waals surface area contributed by atoms with Gasteiger partial charge in [-0.1, -0.05) is 6.07 Å². The van der Waals surface area contributed by atoms with Crippen LogP contribution in [0.5, 0.6) is 0 Å². The highest BCUT2D eigenvalue weighted by Crippen LogP contribution is 2.22. The Morgan fingerprint density at radius 3 is 3.10 bits per heavy atom. The van der Waals surface area contributed by atoms with Gasteiger partial charge in [-0.2, -0.15) is 5.10 Å². The van der Waals surface area contributed by atoms with Gasteiger partial charge in [-0.3, -0.25) is 4.79 Å². The molecular formula is C15H18N4O. The van der Waals surface area contributed by atoms with Crippen LogP contribution in [0.1, 0.15) is 29.6 Å². The standard InChI is InChI=1S/C15H18N4O/c20-15(13-9-16-19-7-2-1-3-14(13)19)18-8-6-11-4-5-12(10-18)17-11/h1-3,7,9,11-12,17H,4-6,8,10H2. The van der Waals surface area contributed by atoms with Gasteiger partial charge < -0.3 is 10.2 Å². The Kier molecular flexibility index (Phi) is 2.73. The third-order valence-electron chi connectivity index (χ3n) is 4.47. The van der Waals surface area contributed by atoms with Crippen molar-refractivity contribution in [2.75, 3.05) is 13.1 Å². The van der Waals surface area contributed by atoms with E-state index in [9.17, 15) is 4.79 Å². The largest absolute Gasteiger partial charge is 0.337 e. The number of aromatic nitrogens is 2. The van der Waals surface area contributed by atoms with Crippen molar-refractivity contribution in [3.05, 3.63) is 36.2 Å². The van der Waals surface area contributed by atoms with Crippen LogP contribution in [0.25, 0.3) is 5.52 Å². The van der Waals surface area contributed by atoms with Crippen molar-refractivity contribution >= 4 is 11.4 Å². The lowest BCUT2D eigenvalue weighted by Gasteiger charge is -2.23. The molecule has 2 fully saturated rings. The minimum atomic E-state index is 0.112. The van der Waals surface area contributed by atoms with E-state index in [1.807, 2.05) is 29.3 Å². The van der Waals surface area contributed by atoms with Crippen LogP contribution >= 0.6 is 0 Å². The molecule has 2 saturated heterocycles. The average Bonchev–Trinajstić information content (AvgIpc) is 3.01. The van der Waals surface area contributed by atoms with E-state index in [4.69, 9.17) is 0 Å². The van der Waals surface area contributed by atoms with Gasteiger partial charge in [0, 0.05) is 31.4 Å². The summed E-state index contributed by atoms with van der Waals surface area (Å²) in [6, 6.07) is 6.88. The Morgan fingerprint density at radius 2 is 2.15 bits per heavy atom. The van der Waals surface area contributed by atoms with Crippen molar-refractivity contribution in [1.29, 1.82) is 0 Å². The van der Waals surface area contributed by atoms with Gasteiger partial charge >= 0.3 is 0 Å². The predicted molar refractivity (Wildman–Crippen MR) is 75.7 cm³/mol. The lowest BCUT2D eigenvalue weighted by atomic mass is 10.1. The van der Waals surface area contributed by atoms with Crippen LogP contribution < -0.4 is 5.32 Å². The maximum absolute atomic E-state index is 12.7. The second-order valence-corrected chi connectivity index (χ2v) is 5.77. The number of likely N-dealkylation sites (tertiary alicyclic amines) is 1. The highest BCUT2D eigenvalue weighted by molar-refractivity contribution is 6.00. The summed E-state index contributed by atoms with van der Waals surface area (Å²) in [5, 5.41) is 7.86. The third-order valence-corrected chi connectivity index (χ3v) is 4.47.